The number of aryl methyl sites for hydroxylation is 1. The number of aromatic amines is 1. The van der Waals surface area contributed by atoms with Crippen molar-refractivity contribution in [3.8, 4) is 22.8 Å². The third-order valence-electron chi connectivity index (χ3n) is 6.40. The number of nitrogens with zero attached hydrogens (tertiary/aromatic N) is 7. The molecule has 1 N–H and O–H groups in total. The Balaban J connectivity index is 1.32. The van der Waals surface area contributed by atoms with Gasteiger partial charge >= 0.3 is 0 Å². The molecule has 6 rings (SSSR count). The van der Waals surface area contributed by atoms with E-state index in [1.54, 1.807) is 6.92 Å². The van der Waals surface area contributed by atoms with Crippen LogP contribution in [0.1, 0.15) is 22.0 Å². The minimum atomic E-state index is -0.661. The van der Waals surface area contributed by atoms with E-state index in [9.17, 15) is 9.59 Å². The second kappa shape index (κ2) is 8.86. The summed E-state index contributed by atoms with van der Waals surface area (Å²) in [5.41, 5.74) is 2.45. The van der Waals surface area contributed by atoms with E-state index in [0.29, 0.717) is 52.4 Å². The Morgan fingerprint density at radius 2 is 1.95 bits per heavy atom. The Kier molecular flexibility index (Phi) is 5.49. The van der Waals surface area contributed by atoms with E-state index in [1.165, 1.54) is 35.4 Å². The molecule has 0 unspecified atom stereocenters. The number of carbonyl (C=O) groups is 2. The number of methoxy groups -OCH3 is 1. The summed E-state index contributed by atoms with van der Waals surface area (Å²) in [4.78, 5) is 44.4. The maximum absolute atomic E-state index is 13.5. The largest absolute Gasteiger partial charge is 0.494 e. The molecular formula is C25H21ClN8O3. The summed E-state index contributed by atoms with van der Waals surface area (Å²) in [5.74, 6) is 0.700. The molecule has 0 bridgehead atoms. The summed E-state index contributed by atoms with van der Waals surface area (Å²) in [6.07, 6.45) is 4.52. The lowest BCUT2D eigenvalue weighted by molar-refractivity contribution is -0.127. The SMILES string of the molecule is COc1cnc(-n2cnc(C)n2)c2[nH]cc(C(=O)C(=O)N3CCn4c(nc(Cl)c4-c4ccccc4)C3)c12. The number of aromatic nitrogens is 7. The molecule has 12 heteroatoms. The summed E-state index contributed by atoms with van der Waals surface area (Å²) in [7, 11) is 1.48. The molecule has 1 amide bonds. The molecule has 5 aromatic rings. The summed E-state index contributed by atoms with van der Waals surface area (Å²) >= 11 is 6.47. The zero-order valence-electron chi connectivity index (χ0n) is 20.0. The van der Waals surface area contributed by atoms with Crippen molar-refractivity contribution >= 4 is 34.2 Å². The van der Waals surface area contributed by atoms with Crippen molar-refractivity contribution in [2.45, 2.75) is 20.0 Å². The molecule has 0 atom stereocenters. The van der Waals surface area contributed by atoms with Gasteiger partial charge in [0.05, 0.1) is 42.0 Å². The monoisotopic (exact) mass is 516 g/mol. The number of Topliss-reactive ketones (excluding diaryl/α,β-unsaturated/α-hetero) is 1. The molecule has 5 heterocycles. The highest BCUT2D eigenvalue weighted by Crippen LogP contribution is 2.33. The standard InChI is InChI=1S/C25H21ClN8O3/c1-14-29-13-34(31-14)24-20-19(17(37-2)11-28-24)16(10-27-20)22(35)25(36)32-8-9-33-18(12-32)30-23(26)21(33)15-6-4-3-5-7-15/h3-7,10-11,13,27H,8-9,12H2,1-2H3. The minimum Gasteiger partial charge on any atom is -0.494 e. The number of fused-ring (bicyclic) bond motifs is 2. The lowest BCUT2D eigenvalue weighted by Gasteiger charge is -2.28. The molecule has 0 saturated heterocycles. The molecule has 186 valence electrons. The maximum Gasteiger partial charge on any atom is 0.295 e. The molecule has 0 fully saturated rings. The summed E-state index contributed by atoms with van der Waals surface area (Å²) in [5, 5.41) is 5.12. The van der Waals surface area contributed by atoms with Crippen LogP contribution < -0.4 is 4.74 Å². The van der Waals surface area contributed by atoms with Crippen LogP contribution in [0.15, 0.2) is 49.1 Å². The van der Waals surface area contributed by atoms with E-state index >= 15 is 0 Å². The minimum absolute atomic E-state index is 0.168. The van der Waals surface area contributed by atoms with Crippen molar-refractivity contribution in [3.05, 3.63) is 71.4 Å². The predicted molar refractivity (Wildman–Crippen MR) is 135 cm³/mol. The maximum atomic E-state index is 13.5. The van der Waals surface area contributed by atoms with Crippen LogP contribution in [-0.4, -0.2) is 64.5 Å². The van der Waals surface area contributed by atoms with Gasteiger partial charge in [0, 0.05) is 24.8 Å². The van der Waals surface area contributed by atoms with Crippen molar-refractivity contribution in [3.63, 3.8) is 0 Å². The lowest BCUT2D eigenvalue weighted by Crippen LogP contribution is -2.42. The smallest absolute Gasteiger partial charge is 0.295 e. The van der Waals surface area contributed by atoms with E-state index in [2.05, 4.69) is 25.0 Å². The Morgan fingerprint density at radius 1 is 1.14 bits per heavy atom. The quantitative estimate of drug-likeness (QED) is 0.281. The zero-order chi connectivity index (χ0) is 25.7. The number of hydrogen-bond donors (Lipinski definition) is 1. The number of amides is 1. The number of halogens is 1. The number of pyridine rings is 1. The van der Waals surface area contributed by atoms with Crippen LogP contribution in [0.25, 0.3) is 28.0 Å². The fraction of sp³-hybridized carbons (Fsp3) is 0.200. The van der Waals surface area contributed by atoms with Gasteiger partial charge < -0.3 is 19.2 Å². The van der Waals surface area contributed by atoms with Crippen LogP contribution in [0, 0.1) is 6.92 Å². The number of hydrogen-bond acceptors (Lipinski definition) is 7. The van der Waals surface area contributed by atoms with E-state index in [4.69, 9.17) is 16.3 Å². The highest BCUT2D eigenvalue weighted by Gasteiger charge is 2.32. The Labute approximate surface area is 215 Å². The van der Waals surface area contributed by atoms with Gasteiger partial charge in [-0.1, -0.05) is 41.9 Å². The highest BCUT2D eigenvalue weighted by atomic mass is 35.5. The number of nitrogens with one attached hydrogen (secondary N) is 1. The van der Waals surface area contributed by atoms with Gasteiger partial charge in [0.25, 0.3) is 11.7 Å². The van der Waals surface area contributed by atoms with Crippen LogP contribution in [0.4, 0.5) is 0 Å². The average Bonchev–Trinajstić information content (AvgIpc) is 3.63. The first-order chi connectivity index (χ1) is 18.0. The van der Waals surface area contributed by atoms with Crippen molar-refractivity contribution in [1.82, 2.24) is 39.2 Å². The molecule has 0 spiro atoms. The van der Waals surface area contributed by atoms with Crippen molar-refractivity contribution < 1.29 is 14.3 Å². The Hall–Kier alpha value is -4.51. The number of carbonyl (C=O) groups excluding carboxylic acids is 2. The summed E-state index contributed by atoms with van der Waals surface area (Å²) in [6.45, 7) is 2.74. The number of ether oxygens (including phenoxy) is 1. The first-order valence-electron chi connectivity index (χ1n) is 11.5. The van der Waals surface area contributed by atoms with Gasteiger partial charge in [-0.05, 0) is 6.92 Å². The number of H-pyrrole nitrogens is 1. The predicted octanol–water partition coefficient (Wildman–Crippen LogP) is 3.20. The Bertz CT molecular complexity index is 1670. The third kappa shape index (κ3) is 3.75. The normalized spacial score (nSPS) is 13.1. The number of benzene rings is 1. The fourth-order valence-electron chi connectivity index (χ4n) is 4.66. The molecule has 1 aliphatic heterocycles. The van der Waals surface area contributed by atoms with Gasteiger partial charge in [0.1, 0.15) is 23.7 Å². The molecule has 1 aromatic carbocycles. The van der Waals surface area contributed by atoms with Crippen LogP contribution in [-0.2, 0) is 17.9 Å². The number of rotatable bonds is 5. The first-order valence-corrected chi connectivity index (χ1v) is 11.9. The molecular weight excluding hydrogens is 496 g/mol. The third-order valence-corrected chi connectivity index (χ3v) is 6.66. The molecule has 1 aliphatic rings. The Morgan fingerprint density at radius 3 is 2.68 bits per heavy atom. The average molecular weight is 517 g/mol. The second-order valence-corrected chi connectivity index (χ2v) is 8.94. The fourth-order valence-corrected chi connectivity index (χ4v) is 4.97. The van der Waals surface area contributed by atoms with Crippen molar-refractivity contribution in [2.24, 2.45) is 0 Å². The first kappa shape index (κ1) is 22.9. The zero-order valence-corrected chi connectivity index (χ0v) is 20.7. The summed E-state index contributed by atoms with van der Waals surface area (Å²) in [6, 6.07) is 9.73. The van der Waals surface area contributed by atoms with Gasteiger partial charge in [-0.15, -0.1) is 0 Å². The molecule has 11 nitrogen and oxygen atoms in total. The summed E-state index contributed by atoms with van der Waals surface area (Å²) < 4.78 is 8.97. The van der Waals surface area contributed by atoms with Gasteiger partial charge in [-0.2, -0.15) is 5.10 Å². The number of ketones is 1. The van der Waals surface area contributed by atoms with E-state index in [1.807, 2.05) is 34.9 Å². The van der Waals surface area contributed by atoms with E-state index < -0.39 is 11.7 Å². The van der Waals surface area contributed by atoms with E-state index in [0.717, 1.165) is 11.3 Å². The lowest BCUT2D eigenvalue weighted by atomic mass is 10.1. The molecule has 37 heavy (non-hydrogen) atoms. The van der Waals surface area contributed by atoms with Gasteiger partial charge in [-0.25, -0.2) is 19.6 Å². The van der Waals surface area contributed by atoms with Gasteiger partial charge in [0.15, 0.2) is 11.0 Å². The molecule has 0 aliphatic carbocycles. The van der Waals surface area contributed by atoms with Crippen LogP contribution >= 0.6 is 11.6 Å². The number of imidazole rings is 1. The van der Waals surface area contributed by atoms with E-state index in [-0.39, 0.29) is 12.1 Å². The molecule has 4 aromatic heterocycles. The molecule has 0 radical (unpaired) electrons. The van der Waals surface area contributed by atoms with Crippen LogP contribution in [0.5, 0.6) is 5.75 Å². The highest BCUT2D eigenvalue weighted by molar-refractivity contribution is 6.45. The molecule has 0 saturated carbocycles. The van der Waals surface area contributed by atoms with Gasteiger partial charge in [0.2, 0.25) is 0 Å². The topological polar surface area (TPSA) is 124 Å². The van der Waals surface area contributed by atoms with Crippen LogP contribution in [0.3, 0.4) is 0 Å². The van der Waals surface area contributed by atoms with Crippen LogP contribution in [0.2, 0.25) is 5.15 Å². The van der Waals surface area contributed by atoms with Crippen molar-refractivity contribution in [2.75, 3.05) is 13.7 Å². The van der Waals surface area contributed by atoms with Gasteiger partial charge in [-0.3, -0.25) is 9.59 Å². The van der Waals surface area contributed by atoms with Crippen molar-refractivity contribution in [1.29, 1.82) is 0 Å². The second-order valence-electron chi connectivity index (χ2n) is 8.58.